The van der Waals surface area contributed by atoms with Gasteiger partial charge < -0.3 is 19.1 Å². The maximum atomic E-state index is 13.6. The number of anilines is 2. The summed E-state index contributed by atoms with van der Waals surface area (Å²) in [4.78, 5) is 18.1. The number of thioether (sulfide) groups is 1. The van der Waals surface area contributed by atoms with E-state index in [-0.39, 0.29) is 11.4 Å². The van der Waals surface area contributed by atoms with Crippen LogP contribution in [0.3, 0.4) is 0 Å². The van der Waals surface area contributed by atoms with Crippen LogP contribution in [-0.4, -0.2) is 39.8 Å². The smallest absolute Gasteiger partial charge is 0.267 e. The first-order valence-corrected chi connectivity index (χ1v) is 11.3. The first-order chi connectivity index (χ1) is 16.0. The monoisotopic (exact) mass is 462 g/mol. The van der Waals surface area contributed by atoms with Crippen LogP contribution >= 0.6 is 11.8 Å². The molecular weight excluding hydrogens is 436 g/mol. The first kappa shape index (κ1) is 22.6. The number of nitrogens with zero attached hydrogens (tertiary/aromatic N) is 2. The van der Waals surface area contributed by atoms with Gasteiger partial charge in [0.1, 0.15) is 17.2 Å². The average Bonchev–Trinajstić information content (AvgIpc) is 3.19. The molecule has 1 aliphatic heterocycles. The van der Waals surface area contributed by atoms with Gasteiger partial charge in [-0.3, -0.25) is 9.69 Å². The molecule has 1 saturated heterocycles. The van der Waals surface area contributed by atoms with Crippen molar-refractivity contribution in [2.45, 2.75) is 5.50 Å². The Morgan fingerprint density at radius 1 is 0.788 bits per heavy atom. The van der Waals surface area contributed by atoms with Crippen LogP contribution in [0.5, 0.6) is 17.2 Å². The van der Waals surface area contributed by atoms with Gasteiger partial charge in [0, 0.05) is 18.4 Å². The molecule has 3 aromatic carbocycles. The highest BCUT2D eigenvalue weighted by Gasteiger charge is 2.40. The third kappa shape index (κ3) is 4.78. The quantitative estimate of drug-likeness (QED) is 0.447. The summed E-state index contributed by atoms with van der Waals surface area (Å²) in [6.45, 7) is 0. The molecule has 33 heavy (non-hydrogen) atoms. The summed E-state index contributed by atoms with van der Waals surface area (Å²) in [5.41, 5.74) is 2.46. The minimum Gasteiger partial charge on any atom is -0.497 e. The van der Waals surface area contributed by atoms with E-state index < -0.39 is 0 Å². The molecule has 1 atom stereocenters. The molecule has 0 bridgehead atoms. The number of carbonyl (C=O) groups excluding carboxylic acids is 1. The zero-order chi connectivity index (χ0) is 23.4. The summed E-state index contributed by atoms with van der Waals surface area (Å²) in [5, 5.41) is 0. The van der Waals surface area contributed by atoms with Crippen molar-refractivity contribution in [1.29, 1.82) is 0 Å². The second kappa shape index (κ2) is 9.92. The summed E-state index contributed by atoms with van der Waals surface area (Å²) in [5.74, 6) is 2.26. The van der Waals surface area contributed by atoms with E-state index in [1.54, 1.807) is 21.3 Å². The SMILES string of the molecule is COc1ccc(C=C2SC(N(C)c3ccc(OC)cc3)N(c3ccc(OC)cc3)C2=O)cc1. The van der Waals surface area contributed by atoms with Crippen LogP contribution in [0.15, 0.2) is 77.7 Å². The standard InChI is InChI=1S/C26H26N2O4S/c1-27(19-7-13-22(31-3)14-8-19)26-28(20-9-15-23(32-4)16-10-20)25(29)24(33-26)17-18-5-11-21(30-2)12-6-18/h5-17,26H,1-4H3. The van der Waals surface area contributed by atoms with Crippen molar-refractivity contribution in [3.8, 4) is 17.2 Å². The molecule has 6 nitrogen and oxygen atoms in total. The number of hydrogen-bond donors (Lipinski definition) is 0. The molecule has 4 rings (SSSR count). The molecule has 1 aliphatic rings. The molecule has 1 unspecified atom stereocenters. The molecule has 0 aromatic heterocycles. The molecule has 1 fully saturated rings. The van der Waals surface area contributed by atoms with Gasteiger partial charge in [-0.1, -0.05) is 23.9 Å². The Labute approximate surface area is 198 Å². The highest BCUT2D eigenvalue weighted by Crippen LogP contribution is 2.42. The lowest BCUT2D eigenvalue weighted by Crippen LogP contribution is -2.43. The fraction of sp³-hybridized carbons (Fsp3) is 0.192. The summed E-state index contributed by atoms with van der Waals surface area (Å²) in [6.07, 6.45) is 1.92. The molecule has 1 heterocycles. The minimum absolute atomic E-state index is 0.0497. The molecule has 7 heteroatoms. The van der Waals surface area contributed by atoms with E-state index in [2.05, 4.69) is 4.90 Å². The topological polar surface area (TPSA) is 51.2 Å². The molecule has 170 valence electrons. The Bertz CT molecular complexity index is 1130. The molecule has 1 amide bonds. The lowest BCUT2D eigenvalue weighted by molar-refractivity contribution is -0.114. The van der Waals surface area contributed by atoms with Crippen LogP contribution in [0.2, 0.25) is 0 Å². The van der Waals surface area contributed by atoms with Gasteiger partial charge in [-0.15, -0.1) is 0 Å². The molecular formula is C26H26N2O4S. The average molecular weight is 463 g/mol. The zero-order valence-electron chi connectivity index (χ0n) is 19.0. The Morgan fingerprint density at radius 3 is 1.79 bits per heavy atom. The van der Waals surface area contributed by atoms with Crippen LogP contribution in [0.1, 0.15) is 5.56 Å². The minimum atomic E-state index is -0.260. The van der Waals surface area contributed by atoms with Crippen molar-refractivity contribution < 1.29 is 19.0 Å². The van der Waals surface area contributed by atoms with Gasteiger partial charge in [0.25, 0.3) is 5.91 Å². The molecule has 0 radical (unpaired) electrons. The van der Waals surface area contributed by atoms with E-state index in [1.165, 1.54) is 11.8 Å². The highest BCUT2D eigenvalue weighted by molar-refractivity contribution is 8.05. The van der Waals surface area contributed by atoms with E-state index in [0.717, 1.165) is 34.2 Å². The van der Waals surface area contributed by atoms with Crippen molar-refractivity contribution in [3.63, 3.8) is 0 Å². The third-order valence-electron chi connectivity index (χ3n) is 5.46. The lowest BCUT2D eigenvalue weighted by Gasteiger charge is -2.32. The number of benzene rings is 3. The van der Waals surface area contributed by atoms with Crippen molar-refractivity contribution in [2.24, 2.45) is 0 Å². The van der Waals surface area contributed by atoms with Crippen molar-refractivity contribution in [2.75, 3.05) is 38.2 Å². The van der Waals surface area contributed by atoms with Crippen molar-refractivity contribution in [1.82, 2.24) is 0 Å². The van der Waals surface area contributed by atoms with Crippen LogP contribution in [-0.2, 0) is 4.79 Å². The Morgan fingerprint density at radius 2 is 1.27 bits per heavy atom. The van der Waals surface area contributed by atoms with Gasteiger partial charge in [0.2, 0.25) is 0 Å². The van der Waals surface area contributed by atoms with Crippen LogP contribution in [0.4, 0.5) is 11.4 Å². The number of methoxy groups -OCH3 is 3. The van der Waals surface area contributed by atoms with E-state index in [4.69, 9.17) is 14.2 Å². The molecule has 0 saturated carbocycles. The molecule has 0 N–H and O–H groups in total. The molecule has 0 spiro atoms. The highest BCUT2D eigenvalue weighted by atomic mass is 32.2. The van der Waals surface area contributed by atoms with E-state index in [0.29, 0.717) is 4.91 Å². The fourth-order valence-corrected chi connectivity index (χ4v) is 4.80. The number of ether oxygens (including phenoxy) is 3. The fourth-order valence-electron chi connectivity index (χ4n) is 3.57. The second-order valence-corrected chi connectivity index (χ2v) is 8.51. The van der Waals surface area contributed by atoms with Gasteiger partial charge in [0.05, 0.1) is 26.2 Å². The van der Waals surface area contributed by atoms with Gasteiger partial charge in [0.15, 0.2) is 5.50 Å². The van der Waals surface area contributed by atoms with E-state index >= 15 is 0 Å². The van der Waals surface area contributed by atoms with Crippen LogP contribution in [0, 0.1) is 0 Å². The number of rotatable bonds is 7. The molecule has 0 aliphatic carbocycles. The Hall–Kier alpha value is -3.58. The maximum Gasteiger partial charge on any atom is 0.267 e. The Balaban J connectivity index is 1.70. The van der Waals surface area contributed by atoms with Crippen LogP contribution in [0.25, 0.3) is 6.08 Å². The normalized spacial score (nSPS) is 16.7. The van der Waals surface area contributed by atoms with Gasteiger partial charge in [-0.2, -0.15) is 0 Å². The maximum absolute atomic E-state index is 13.6. The number of carbonyl (C=O) groups is 1. The predicted molar refractivity (Wildman–Crippen MR) is 134 cm³/mol. The largest absolute Gasteiger partial charge is 0.497 e. The second-order valence-electron chi connectivity index (χ2n) is 7.41. The lowest BCUT2D eigenvalue weighted by atomic mass is 10.2. The van der Waals surface area contributed by atoms with Crippen LogP contribution < -0.4 is 24.0 Å². The zero-order valence-corrected chi connectivity index (χ0v) is 19.8. The van der Waals surface area contributed by atoms with Gasteiger partial charge >= 0.3 is 0 Å². The van der Waals surface area contributed by atoms with E-state index in [9.17, 15) is 4.79 Å². The first-order valence-electron chi connectivity index (χ1n) is 10.4. The van der Waals surface area contributed by atoms with Crippen molar-refractivity contribution in [3.05, 3.63) is 83.3 Å². The van der Waals surface area contributed by atoms with Gasteiger partial charge in [-0.25, -0.2) is 0 Å². The summed E-state index contributed by atoms with van der Waals surface area (Å²) in [7, 11) is 6.89. The summed E-state index contributed by atoms with van der Waals surface area (Å²) >= 11 is 1.52. The predicted octanol–water partition coefficient (Wildman–Crippen LogP) is 5.25. The summed E-state index contributed by atoms with van der Waals surface area (Å²) in [6, 6.07) is 23.0. The summed E-state index contributed by atoms with van der Waals surface area (Å²) < 4.78 is 15.8. The third-order valence-corrected chi connectivity index (χ3v) is 6.74. The van der Waals surface area contributed by atoms with E-state index in [1.807, 2.05) is 90.8 Å². The van der Waals surface area contributed by atoms with Crippen molar-refractivity contribution >= 4 is 35.1 Å². The number of hydrogen-bond acceptors (Lipinski definition) is 6. The molecule has 3 aromatic rings. The van der Waals surface area contributed by atoms with Gasteiger partial charge in [-0.05, 0) is 72.3 Å². The number of amides is 1. The Kier molecular flexibility index (Phi) is 6.79.